The lowest BCUT2D eigenvalue weighted by Crippen LogP contribution is -2.33. The minimum atomic E-state index is -0.518. The lowest BCUT2D eigenvalue weighted by molar-refractivity contribution is -0.115. The molecule has 2 aromatic carbocycles. The molecule has 2 aromatic rings. The first-order chi connectivity index (χ1) is 9.66. The van der Waals surface area contributed by atoms with Gasteiger partial charge in [0, 0.05) is 5.56 Å². The van der Waals surface area contributed by atoms with Gasteiger partial charge in [0.1, 0.15) is 5.82 Å². The van der Waals surface area contributed by atoms with Gasteiger partial charge in [0.05, 0.1) is 12.2 Å². The minimum Gasteiger partial charge on any atom is -0.343 e. The zero-order valence-corrected chi connectivity index (χ0v) is 10.6. The third kappa shape index (κ3) is 3.65. The second-order valence-electron chi connectivity index (χ2n) is 4.08. The molecule has 0 aliphatic carbocycles. The molecule has 102 valence electrons. The van der Waals surface area contributed by atoms with Crippen molar-refractivity contribution in [2.45, 2.75) is 0 Å². The van der Waals surface area contributed by atoms with Gasteiger partial charge in [-0.1, -0.05) is 30.3 Å². The Kier molecular flexibility index (Phi) is 4.44. The predicted molar refractivity (Wildman–Crippen MR) is 73.8 cm³/mol. The van der Waals surface area contributed by atoms with Crippen molar-refractivity contribution in [2.75, 3.05) is 11.9 Å². The van der Waals surface area contributed by atoms with Crippen LogP contribution in [0.1, 0.15) is 10.4 Å². The van der Waals surface area contributed by atoms with Gasteiger partial charge in [0.15, 0.2) is 0 Å². The Morgan fingerprint density at radius 2 is 1.60 bits per heavy atom. The van der Waals surface area contributed by atoms with E-state index in [2.05, 4.69) is 10.6 Å². The molecule has 0 aromatic heterocycles. The molecule has 0 aliphatic rings. The van der Waals surface area contributed by atoms with Crippen molar-refractivity contribution in [1.82, 2.24) is 5.32 Å². The van der Waals surface area contributed by atoms with Gasteiger partial charge in [0.2, 0.25) is 5.91 Å². The second-order valence-corrected chi connectivity index (χ2v) is 4.08. The predicted octanol–water partition coefficient (Wildman–Crippen LogP) is 2.19. The number of para-hydroxylation sites is 1. The Labute approximate surface area is 115 Å². The van der Waals surface area contributed by atoms with E-state index in [1.54, 1.807) is 36.4 Å². The third-order valence-corrected chi connectivity index (χ3v) is 2.59. The first-order valence-corrected chi connectivity index (χ1v) is 6.04. The molecule has 0 atom stereocenters. The van der Waals surface area contributed by atoms with Gasteiger partial charge < -0.3 is 10.6 Å². The van der Waals surface area contributed by atoms with Gasteiger partial charge in [-0.25, -0.2) is 4.39 Å². The van der Waals surface area contributed by atoms with Crippen molar-refractivity contribution in [2.24, 2.45) is 0 Å². The van der Waals surface area contributed by atoms with Crippen LogP contribution >= 0.6 is 0 Å². The van der Waals surface area contributed by atoms with Crippen LogP contribution in [0.2, 0.25) is 0 Å². The largest absolute Gasteiger partial charge is 0.343 e. The van der Waals surface area contributed by atoms with Gasteiger partial charge in [-0.05, 0) is 24.3 Å². The molecule has 0 spiro atoms. The highest BCUT2D eigenvalue weighted by Crippen LogP contribution is 2.11. The summed E-state index contributed by atoms with van der Waals surface area (Å²) >= 11 is 0. The summed E-state index contributed by atoms with van der Waals surface area (Å²) in [6.45, 7) is -0.220. The molecule has 0 saturated carbocycles. The van der Waals surface area contributed by atoms with Crippen molar-refractivity contribution in [3.63, 3.8) is 0 Å². The van der Waals surface area contributed by atoms with Gasteiger partial charge >= 0.3 is 0 Å². The van der Waals surface area contributed by atoms with Gasteiger partial charge in [-0.2, -0.15) is 0 Å². The maximum absolute atomic E-state index is 13.3. The van der Waals surface area contributed by atoms with Gasteiger partial charge in [-0.3, -0.25) is 9.59 Å². The number of halogens is 1. The highest BCUT2D eigenvalue weighted by molar-refractivity contribution is 5.99. The highest BCUT2D eigenvalue weighted by atomic mass is 19.1. The molecule has 0 bridgehead atoms. The third-order valence-electron chi connectivity index (χ3n) is 2.59. The monoisotopic (exact) mass is 272 g/mol. The smallest absolute Gasteiger partial charge is 0.251 e. The summed E-state index contributed by atoms with van der Waals surface area (Å²) in [7, 11) is 0. The SMILES string of the molecule is O=C(CNC(=O)c1ccccc1)Nc1ccccc1F. The zero-order chi connectivity index (χ0) is 14.4. The molecule has 0 unspecified atom stereocenters. The van der Waals surface area contributed by atoms with Crippen molar-refractivity contribution in [3.05, 3.63) is 66.0 Å². The minimum absolute atomic E-state index is 0.0893. The summed E-state index contributed by atoms with van der Waals surface area (Å²) in [4.78, 5) is 23.3. The maximum Gasteiger partial charge on any atom is 0.251 e. The van der Waals surface area contributed by atoms with E-state index in [-0.39, 0.29) is 18.1 Å². The molecule has 4 nitrogen and oxygen atoms in total. The van der Waals surface area contributed by atoms with Crippen LogP contribution in [0.4, 0.5) is 10.1 Å². The molecule has 5 heteroatoms. The molecule has 0 radical (unpaired) electrons. The lowest BCUT2D eigenvalue weighted by atomic mass is 10.2. The van der Waals surface area contributed by atoms with Gasteiger partial charge in [0.25, 0.3) is 5.91 Å². The fourth-order valence-corrected chi connectivity index (χ4v) is 1.61. The van der Waals surface area contributed by atoms with Crippen LogP contribution in [0.25, 0.3) is 0 Å². The fourth-order valence-electron chi connectivity index (χ4n) is 1.61. The average molecular weight is 272 g/mol. The van der Waals surface area contributed by atoms with E-state index < -0.39 is 11.7 Å². The van der Waals surface area contributed by atoms with Crippen molar-refractivity contribution >= 4 is 17.5 Å². The highest BCUT2D eigenvalue weighted by Gasteiger charge is 2.09. The molecular formula is C15H13FN2O2. The molecule has 20 heavy (non-hydrogen) atoms. The maximum atomic E-state index is 13.3. The standard InChI is InChI=1S/C15H13FN2O2/c16-12-8-4-5-9-13(12)18-14(19)10-17-15(20)11-6-2-1-3-7-11/h1-9H,10H2,(H,17,20)(H,18,19). The Morgan fingerprint density at radius 3 is 2.30 bits per heavy atom. The van der Waals surface area contributed by atoms with E-state index in [4.69, 9.17) is 0 Å². The van der Waals surface area contributed by atoms with Crippen molar-refractivity contribution < 1.29 is 14.0 Å². The molecular weight excluding hydrogens is 259 g/mol. The van der Waals surface area contributed by atoms with Crippen LogP contribution in [-0.2, 0) is 4.79 Å². The second kappa shape index (κ2) is 6.47. The van der Waals surface area contributed by atoms with E-state index >= 15 is 0 Å². The number of rotatable bonds is 4. The summed E-state index contributed by atoms with van der Waals surface area (Å²) in [6.07, 6.45) is 0. The first-order valence-electron chi connectivity index (χ1n) is 6.04. The van der Waals surface area contributed by atoms with E-state index in [1.807, 2.05) is 0 Å². The molecule has 2 rings (SSSR count). The van der Waals surface area contributed by atoms with E-state index in [1.165, 1.54) is 18.2 Å². The van der Waals surface area contributed by atoms with Crippen LogP contribution in [0, 0.1) is 5.82 Å². The summed E-state index contributed by atoms with van der Waals surface area (Å²) < 4.78 is 13.3. The van der Waals surface area contributed by atoms with Crippen LogP contribution in [0.15, 0.2) is 54.6 Å². The van der Waals surface area contributed by atoms with Crippen molar-refractivity contribution in [1.29, 1.82) is 0 Å². The molecule has 0 saturated heterocycles. The number of carbonyl (C=O) groups excluding carboxylic acids is 2. The lowest BCUT2D eigenvalue weighted by Gasteiger charge is -2.07. The molecule has 0 aliphatic heterocycles. The Bertz CT molecular complexity index is 614. The Balaban J connectivity index is 1.87. The summed E-state index contributed by atoms with van der Waals surface area (Å²) in [5.41, 5.74) is 0.553. The van der Waals surface area contributed by atoms with Crippen LogP contribution in [0.5, 0.6) is 0 Å². The van der Waals surface area contributed by atoms with Crippen LogP contribution in [0.3, 0.4) is 0 Å². The number of anilines is 1. The fraction of sp³-hybridized carbons (Fsp3) is 0.0667. The summed E-state index contributed by atoms with van der Waals surface area (Å²) in [5.74, 6) is -1.36. The van der Waals surface area contributed by atoms with E-state index in [0.29, 0.717) is 5.56 Å². The summed E-state index contributed by atoms with van der Waals surface area (Å²) in [5, 5.41) is 4.85. The molecule has 2 N–H and O–H groups in total. The number of benzene rings is 2. The number of carbonyl (C=O) groups is 2. The quantitative estimate of drug-likeness (QED) is 0.896. The number of nitrogens with one attached hydrogen (secondary N) is 2. The van der Waals surface area contributed by atoms with E-state index in [0.717, 1.165) is 0 Å². The number of amides is 2. The summed E-state index contributed by atoms with van der Waals surface area (Å²) in [6, 6.07) is 14.4. The number of hydrogen-bond donors (Lipinski definition) is 2. The molecule has 0 heterocycles. The van der Waals surface area contributed by atoms with Crippen LogP contribution < -0.4 is 10.6 Å². The normalized spacial score (nSPS) is 9.85. The number of hydrogen-bond acceptors (Lipinski definition) is 2. The van der Waals surface area contributed by atoms with Crippen molar-refractivity contribution in [3.8, 4) is 0 Å². The van der Waals surface area contributed by atoms with E-state index in [9.17, 15) is 14.0 Å². The Hall–Kier alpha value is -2.69. The Morgan fingerprint density at radius 1 is 0.950 bits per heavy atom. The van der Waals surface area contributed by atoms with Gasteiger partial charge in [-0.15, -0.1) is 0 Å². The zero-order valence-electron chi connectivity index (χ0n) is 10.6. The molecule has 0 fully saturated rings. The van der Waals surface area contributed by atoms with Crippen LogP contribution in [-0.4, -0.2) is 18.4 Å². The average Bonchev–Trinajstić information content (AvgIpc) is 2.48. The topological polar surface area (TPSA) is 58.2 Å². The molecule has 2 amide bonds. The first kappa shape index (κ1) is 13.7.